The summed E-state index contributed by atoms with van der Waals surface area (Å²) in [5.41, 5.74) is 7.00. The van der Waals surface area contributed by atoms with Crippen molar-refractivity contribution in [2.75, 3.05) is 5.73 Å². The smallest absolute Gasteiger partial charge is 0.111 e. The Morgan fingerprint density at radius 1 is 1.53 bits per heavy atom. The molecule has 0 aliphatic carbocycles. The van der Waals surface area contributed by atoms with Gasteiger partial charge in [-0.3, -0.25) is 0 Å². The minimum absolute atomic E-state index is 0.426. The number of nitrogens with two attached hydrogens (primary N) is 1. The molecule has 90 valence electrons. The summed E-state index contributed by atoms with van der Waals surface area (Å²) in [4.78, 5) is 4.16. The van der Waals surface area contributed by atoms with Crippen molar-refractivity contribution < 1.29 is 5.11 Å². The monoisotopic (exact) mass is 251 g/mol. The summed E-state index contributed by atoms with van der Waals surface area (Å²) in [6.45, 7) is 0. The van der Waals surface area contributed by atoms with Gasteiger partial charge in [0.25, 0.3) is 0 Å². The van der Waals surface area contributed by atoms with Crippen molar-refractivity contribution in [3.63, 3.8) is 0 Å². The van der Waals surface area contributed by atoms with E-state index in [-0.39, 0.29) is 0 Å². The fraction of sp³-hybridized carbons (Fsp3) is 0.250. The number of imidazole rings is 1. The molecular weight excluding hydrogens is 238 g/mol. The number of aliphatic hydroxyl groups is 1. The van der Waals surface area contributed by atoms with E-state index >= 15 is 0 Å². The third kappa shape index (κ3) is 2.60. The molecule has 17 heavy (non-hydrogen) atoms. The summed E-state index contributed by atoms with van der Waals surface area (Å²) in [5, 5.41) is 10.7. The van der Waals surface area contributed by atoms with Crippen LogP contribution in [0.25, 0.3) is 0 Å². The molecule has 0 fully saturated rings. The first-order chi connectivity index (χ1) is 8.08. The highest BCUT2D eigenvalue weighted by Crippen LogP contribution is 2.25. The summed E-state index contributed by atoms with van der Waals surface area (Å²) in [7, 11) is 1.89. The highest BCUT2D eigenvalue weighted by atomic mass is 35.5. The first-order valence-electron chi connectivity index (χ1n) is 5.27. The Kier molecular flexibility index (Phi) is 3.36. The van der Waals surface area contributed by atoms with Gasteiger partial charge in [0, 0.05) is 42.1 Å². The number of hydrogen-bond donors (Lipinski definition) is 2. The number of halogens is 1. The van der Waals surface area contributed by atoms with Gasteiger partial charge < -0.3 is 15.4 Å². The number of rotatable bonds is 3. The van der Waals surface area contributed by atoms with Gasteiger partial charge in [-0.05, 0) is 12.1 Å². The van der Waals surface area contributed by atoms with Crippen molar-refractivity contribution in [3.8, 4) is 0 Å². The van der Waals surface area contributed by atoms with Crippen molar-refractivity contribution in [3.05, 3.63) is 47.0 Å². The highest BCUT2D eigenvalue weighted by molar-refractivity contribution is 6.30. The van der Waals surface area contributed by atoms with E-state index in [0.29, 0.717) is 22.7 Å². The lowest BCUT2D eigenvalue weighted by molar-refractivity contribution is 0.175. The zero-order valence-corrected chi connectivity index (χ0v) is 10.2. The Hall–Kier alpha value is -1.52. The Labute approximate surface area is 105 Å². The second-order valence-corrected chi connectivity index (χ2v) is 4.38. The minimum Gasteiger partial charge on any atom is -0.398 e. The van der Waals surface area contributed by atoms with Gasteiger partial charge in [-0.25, -0.2) is 4.98 Å². The summed E-state index contributed by atoms with van der Waals surface area (Å²) in [6.07, 6.45) is 3.30. The molecule has 0 saturated carbocycles. The zero-order chi connectivity index (χ0) is 12.4. The van der Waals surface area contributed by atoms with Crippen molar-refractivity contribution in [1.29, 1.82) is 0 Å². The number of nitrogen functional groups attached to an aromatic ring is 1. The van der Waals surface area contributed by atoms with E-state index in [2.05, 4.69) is 4.98 Å². The van der Waals surface area contributed by atoms with Gasteiger partial charge >= 0.3 is 0 Å². The molecule has 0 radical (unpaired) electrons. The summed E-state index contributed by atoms with van der Waals surface area (Å²) >= 11 is 5.81. The standard InChI is InChI=1S/C12H14ClN3O/c1-16-5-4-15-12(16)7-11(17)9-3-2-8(13)6-10(9)14/h2-6,11,17H,7,14H2,1H3. The maximum atomic E-state index is 10.1. The SMILES string of the molecule is Cn1ccnc1CC(O)c1ccc(Cl)cc1N. The molecule has 0 bridgehead atoms. The van der Waals surface area contributed by atoms with Gasteiger partial charge in [-0.1, -0.05) is 17.7 Å². The first-order valence-corrected chi connectivity index (χ1v) is 5.65. The molecule has 1 atom stereocenters. The normalized spacial score (nSPS) is 12.6. The van der Waals surface area contributed by atoms with E-state index in [4.69, 9.17) is 17.3 Å². The number of nitrogens with zero attached hydrogens (tertiary/aromatic N) is 2. The third-order valence-corrected chi connectivity index (χ3v) is 2.94. The van der Waals surface area contributed by atoms with Crippen LogP contribution in [0.2, 0.25) is 5.02 Å². The minimum atomic E-state index is -0.673. The average molecular weight is 252 g/mol. The van der Waals surface area contributed by atoms with Crippen LogP contribution < -0.4 is 5.73 Å². The molecule has 4 nitrogen and oxygen atoms in total. The van der Waals surface area contributed by atoms with Gasteiger partial charge in [0.1, 0.15) is 5.82 Å². The van der Waals surface area contributed by atoms with Crippen molar-refractivity contribution >= 4 is 17.3 Å². The molecule has 2 rings (SSSR count). The van der Waals surface area contributed by atoms with Crippen LogP contribution in [-0.4, -0.2) is 14.7 Å². The number of aliphatic hydroxyl groups excluding tert-OH is 1. The Balaban J connectivity index is 2.20. The van der Waals surface area contributed by atoms with Crippen LogP contribution in [0.5, 0.6) is 0 Å². The summed E-state index contributed by atoms with van der Waals surface area (Å²) < 4.78 is 1.87. The molecule has 2 aromatic rings. The molecule has 0 saturated heterocycles. The van der Waals surface area contributed by atoms with Gasteiger partial charge in [-0.15, -0.1) is 0 Å². The summed E-state index contributed by atoms with van der Waals surface area (Å²) in [6, 6.07) is 5.10. The second kappa shape index (κ2) is 4.77. The Morgan fingerprint density at radius 2 is 2.29 bits per heavy atom. The molecule has 1 aromatic carbocycles. The van der Waals surface area contributed by atoms with Crippen LogP contribution in [0.15, 0.2) is 30.6 Å². The molecule has 3 N–H and O–H groups in total. The average Bonchev–Trinajstić information content (AvgIpc) is 2.64. The maximum Gasteiger partial charge on any atom is 0.111 e. The third-order valence-electron chi connectivity index (χ3n) is 2.70. The van der Waals surface area contributed by atoms with Gasteiger partial charge in [0.15, 0.2) is 0 Å². The van der Waals surface area contributed by atoms with Crippen molar-refractivity contribution in [1.82, 2.24) is 9.55 Å². The fourth-order valence-electron chi connectivity index (χ4n) is 1.73. The van der Waals surface area contributed by atoms with Crippen LogP contribution in [-0.2, 0) is 13.5 Å². The lowest BCUT2D eigenvalue weighted by Crippen LogP contribution is -2.08. The van der Waals surface area contributed by atoms with E-state index in [0.717, 1.165) is 5.82 Å². The number of aromatic nitrogens is 2. The van der Waals surface area contributed by atoms with Crippen molar-refractivity contribution in [2.45, 2.75) is 12.5 Å². The molecule has 0 aliphatic heterocycles. The van der Waals surface area contributed by atoms with E-state index in [9.17, 15) is 5.11 Å². The molecule has 1 unspecified atom stereocenters. The van der Waals surface area contributed by atoms with Gasteiger partial charge in [0.2, 0.25) is 0 Å². The molecule has 0 amide bonds. The van der Waals surface area contributed by atoms with Gasteiger partial charge in [0.05, 0.1) is 6.10 Å². The van der Waals surface area contributed by atoms with Gasteiger partial charge in [-0.2, -0.15) is 0 Å². The molecular formula is C12H14ClN3O. The molecule has 0 aliphatic rings. The Bertz CT molecular complexity index is 524. The van der Waals surface area contributed by atoms with E-state index in [1.807, 2.05) is 17.8 Å². The Morgan fingerprint density at radius 3 is 2.88 bits per heavy atom. The predicted octanol–water partition coefficient (Wildman–Crippen LogP) is 1.93. The van der Waals surface area contributed by atoms with Crippen LogP contribution in [0, 0.1) is 0 Å². The second-order valence-electron chi connectivity index (χ2n) is 3.95. The topological polar surface area (TPSA) is 64.1 Å². The number of aryl methyl sites for hydroxylation is 1. The van der Waals surface area contributed by atoms with E-state index in [1.54, 1.807) is 24.4 Å². The zero-order valence-electron chi connectivity index (χ0n) is 9.47. The van der Waals surface area contributed by atoms with Crippen molar-refractivity contribution in [2.24, 2.45) is 7.05 Å². The largest absolute Gasteiger partial charge is 0.398 e. The lowest BCUT2D eigenvalue weighted by atomic mass is 10.0. The number of benzene rings is 1. The number of hydrogen-bond acceptors (Lipinski definition) is 3. The summed E-state index contributed by atoms with van der Waals surface area (Å²) in [5.74, 6) is 0.812. The highest BCUT2D eigenvalue weighted by Gasteiger charge is 2.14. The molecule has 0 spiro atoms. The molecule has 1 heterocycles. The first kappa shape index (κ1) is 12.0. The quantitative estimate of drug-likeness (QED) is 0.820. The molecule has 1 aromatic heterocycles. The van der Waals surface area contributed by atoms with E-state index in [1.165, 1.54) is 0 Å². The maximum absolute atomic E-state index is 10.1. The van der Waals surface area contributed by atoms with Crippen LogP contribution in [0.1, 0.15) is 17.5 Å². The lowest BCUT2D eigenvalue weighted by Gasteiger charge is -2.13. The molecule has 5 heteroatoms. The van der Waals surface area contributed by atoms with Crippen LogP contribution in [0.4, 0.5) is 5.69 Å². The van der Waals surface area contributed by atoms with Crippen LogP contribution >= 0.6 is 11.6 Å². The predicted molar refractivity (Wildman–Crippen MR) is 67.7 cm³/mol. The fourth-order valence-corrected chi connectivity index (χ4v) is 1.91. The van der Waals surface area contributed by atoms with E-state index < -0.39 is 6.10 Å². The van der Waals surface area contributed by atoms with Crippen LogP contribution in [0.3, 0.4) is 0 Å². The number of anilines is 1.